The van der Waals surface area contributed by atoms with Crippen LogP contribution in [0.2, 0.25) is 0 Å². The zero-order chi connectivity index (χ0) is 21.9. The molecule has 0 aliphatic carbocycles. The van der Waals surface area contributed by atoms with E-state index >= 15 is 0 Å². The van der Waals surface area contributed by atoms with Crippen LogP contribution >= 0.6 is 0 Å². The summed E-state index contributed by atoms with van der Waals surface area (Å²) in [6.45, 7) is 3.02. The molecule has 0 amide bonds. The van der Waals surface area contributed by atoms with Crippen molar-refractivity contribution in [3.8, 4) is 23.0 Å². The summed E-state index contributed by atoms with van der Waals surface area (Å²) in [6, 6.07) is 3.43. The molecule has 1 aromatic carbocycles. The van der Waals surface area contributed by atoms with Crippen molar-refractivity contribution in [2.24, 2.45) is 0 Å². The molecule has 8 nitrogen and oxygen atoms in total. The predicted octanol–water partition coefficient (Wildman–Crippen LogP) is 3.80. The molecule has 6 rings (SSSR count). The number of rotatable bonds is 3. The highest BCUT2D eigenvalue weighted by Crippen LogP contribution is 2.47. The van der Waals surface area contributed by atoms with E-state index in [0.29, 0.717) is 11.8 Å². The minimum Gasteiger partial charge on any atom is -0.342 e. The molecule has 0 bridgehead atoms. The third kappa shape index (κ3) is 2.55. The first-order valence-electron chi connectivity index (χ1n) is 10.7. The molecule has 0 radical (unpaired) electrons. The average Bonchev–Trinajstić information content (AvgIpc) is 3.49. The summed E-state index contributed by atoms with van der Waals surface area (Å²) in [4.78, 5) is 16.1. The fourth-order valence-electron chi connectivity index (χ4n) is 5.01. The highest BCUT2D eigenvalue weighted by Gasteiger charge is 2.48. The van der Waals surface area contributed by atoms with Gasteiger partial charge in [-0.15, -0.1) is 10.2 Å². The van der Waals surface area contributed by atoms with Gasteiger partial charge in [0.15, 0.2) is 11.6 Å². The summed E-state index contributed by atoms with van der Waals surface area (Å²) in [7, 11) is 0. The zero-order valence-corrected chi connectivity index (χ0v) is 17.4. The SMILES string of the molecule is CCC12CCCCN1c1nc(-n3ccnc3-c3ccc(F)cc3F)ncc1-n1cnnc12. The molecule has 10 heteroatoms. The molecule has 1 saturated heterocycles. The smallest absolute Gasteiger partial charge is 0.237 e. The number of benzene rings is 1. The topological polar surface area (TPSA) is 77.5 Å². The summed E-state index contributed by atoms with van der Waals surface area (Å²) in [5, 5.41) is 8.63. The number of piperidine rings is 1. The minimum atomic E-state index is -0.689. The van der Waals surface area contributed by atoms with Gasteiger partial charge in [-0.1, -0.05) is 6.92 Å². The van der Waals surface area contributed by atoms with Gasteiger partial charge in [0.2, 0.25) is 5.95 Å². The van der Waals surface area contributed by atoms with E-state index < -0.39 is 11.6 Å². The summed E-state index contributed by atoms with van der Waals surface area (Å²) in [5.74, 6) is 1.06. The normalized spacial score (nSPS) is 19.4. The Bertz CT molecular complexity index is 1330. The van der Waals surface area contributed by atoms with Crippen molar-refractivity contribution in [2.45, 2.75) is 38.1 Å². The molecule has 0 N–H and O–H groups in total. The Morgan fingerprint density at radius 1 is 1.12 bits per heavy atom. The molecule has 2 aliphatic rings. The first kappa shape index (κ1) is 19.0. The minimum absolute atomic E-state index is 0.180. The van der Waals surface area contributed by atoms with Gasteiger partial charge in [0.25, 0.3) is 0 Å². The second kappa shape index (κ2) is 6.91. The van der Waals surface area contributed by atoms with Gasteiger partial charge in [-0.25, -0.2) is 18.7 Å². The van der Waals surface area contributed by atoms with E-state index in [4.69, 9.17) is 4.98 Å². The number of imidazole rings is 1. The quantitative estimate of drug-likeness (QED) is 0.488. The molecule has 162 valence electrons. The molecular weight excluding hydrogens is 414 g/mol. The fraction of sp³-hybridized carbons (Fsp3) is 0.318. The number of fused-ring (bicyclic) bond motifs is 6. The number of aromatic nitrogens is 7. The highest BCUT2D eigenvalue weighted by atomic mass is 19.1. The van der Waals surface area contributed by atoms with E-state index in [1.54, 1.807) is 29.5 Å². The Morgan fingerprint density at radius 2 is 2.03 bits per heavy atom. The molecule has 3 aromatic heterocycles. The molecule has 1 unspecified atom stereocenters. The third-order valence-electron chi connectivity index (χ3n) is 6.57. The Hall–Kier alpha value is -3.69. The van der Waals surface area contributed by atoms with E-state index in [1.807, 2.05) is 4.57 Å². The van der Waals surface area contributed by atoms with Crippen LogP contribution in [-0.2, 0) is 5.54 Å². The van der Waals surface area contributed by atoms with Crippen molar-refractivity contribution >= 4 is 5.82 Å². The summed E-state index contributed by atoms with van der Waals surface area (Å²) in [6.07, 6.45) is 10.7. The van der Waals surface area contributed by atoms with Crippen LogP contribution < -0.4 is 4.90 Å². The van der Waals surface area contributed by atoms with Crippen molar-refractivity contribution < 1.29 is 8.78 Å². The van der Waals surface area contributed by atoms with Crippen LogP contribution in [0.4, 0.5) is 14.6 Å². The van der Waals surface area contributed by atoms with Crippen LogP contribution in [0.3, 0.4) is 0 Å². The number of nitrogens with zero attached hydrogens (tertiary/aromatic N) is 8. The molecule has 32 heavy (non-hydrogen) atoms. The third-order valence-corrected chi connectivity index (χ3v) is 6.57. The van der Waals surface area contributed by atoms with Crippen LogP contribution in [0.25, 0.3) is 23.0 Å². The van der Waals surface area contributed by atoms with Crippen LogP contribution in [0.1, 0.15) is 38.4 Å². The maximum atomic E-state index is 14.5. The first-order chi connectivity index (χ1) is 15.6. The van der Waals surface area contributed by atoms with Crippen molar-refractivity contribution in [1.29, 1.82) is 0 Å². The Kier molecular flexibility index (Phi) is 4.11. The summed E-state index contributed by atoms with van der Waals surface area (Å²) < 4.78 is 31.5. The molecule has 0 spiro atoms. The van der Waals surface area contributed by atoms with Gasteiger partial charge in [0.1, 0.15) is 35.0 Å². The van der Waals surface area contributed by atoms with Gasteiger partial charge in [-0.2, -0.15) is 4.98 Å². The highest BCUT2D eigenvalue weighted by molar-refractivity contribution is 5.65. The lowest BCUT2D eigenvalue weighted by Gasteiger charge is -2.49. The molecular formula is C22H20F2N8. The first-order valence-corrected chi connectivity index (χ1v) is 10.7. The van der Waals surface area contributed by atoms with Crippen LogP contribution in [0, 0.1) is 11.6 Å². The van der Waals surface area contributed by atoms with Crippen LogP contribution in [0.15, 0.2) is 43.1 Å². The van der Waals surface area contributed by atoms with E-state index in [2.05, 4.69) is 32.0 Å². The number of hydrogen-bond acceptors (Lipinski definition) is 6. The van der Waals surface area contributed by atoms with Crippen molar-refractivity contribution in [1.82, 2.24) is 34.3 Å². The largest absolute Gasteiger partial charge is 0.342 e. The molecule has 0 saturated carbocycles. The molecule has 4 aromatic rings. The maximum Gasteiger partial charge on any atom is 0.237 e. The van der Waals surface area contributed by atoms with Gasteiger partial charge < -0.3 is 4.90 Å². The summed E-state index contributed by atoms with van der Waals surface area (Å²) in [5.41, 5.74) is 0.725. The lowest BCUT2D eigenvalue weighted by atomic mass is 9.82. The molecule has 5 heterocycles. The number of halogens is 2. The van der Waals surface area contributed by atoms with E-state index in [1.165, 1.54) is 12.1 Å². The van der Waals surface area contributed by atoms with Crippen LogP contribution in [-0.4, -0.2) is 40.8 Å². The Morgan fingerprint density at radius 3 is 2.88 bits per heavy atom. The second-order valence-electron chi connectivity index (χ2n) is 8.14. The maximum absolute atomic E-state index is 14.5. The number of hydrogen-bond donors (Lipinski definition) is 0. The van der Waals surface area contributed by atoms with E-state index in [9.17, 15) is 8.78 Å². The van der Waals surface area contributed by atoms with Crippen molar-refractivity contribution in [3.05, 3.63) is 60.6 Å². The monoisotopic (exact) mass is 434 g/mol. The number of anilines is 1. The molecule has 1 atom stereocenters. The van der Waals surface area contributed by atoms with Gasteiger partial charge >= 0.3 is 0 Å². The fourth-order valence-corrected chi connectivity index (χ4v) is 5.01. The Labute approximate surface area is 182 Å². The van der Waals surface area contributed by atoms with Gasteiger partial charge in [-0.3, -0.25) is 9.13 Å². The lowest BCUT2D eigenvalue weighted by Crippen LogP contribution is -2.53. The Balaban J connectivity index is 1.52. The molecule has 2 aliphatic heterocycles. The van der Waals surface area contributed by atoms with Gasteiger partial charge in [-0.05, 0) is 37.8 Å². The molecule has 1 fully saturated rings. The van der Waals surface area contributed by atoms with Crippen LogP contribution in [0.5, 0.6) is 0 Å². The second-order valence-corrected chi connectivity index (χ2v) is 8.14. The standard InChI is InChI=1S/C22H20F2N8/c1-2-22-7-3-4-9-32(22)19-17(31-13-27-29-20(22)31)12-26-21(28-19)30-10-8-25-18(30)15-6-5-14(23)11-16(15)24/h5-6,8,10-13H,2-4,7,9H2,1H3. The zero-order valence-electron chi connectivity index (χ0n) is 17.4. The summed E-state index contributed by atoms with van der Waals surface area (Å²) >= 11 is 0. The average molecular weight is 434 g/mol. The van der Waals surface area contributed by atoms with Crippen molar-refractivity contribution in [2.75, 3.05) is 11.4 Å². The van der Waals surface area contributed by atoms with E-state index in [0.717, 1.165) is 55.6 Å². The lowest BCUT2D eigenvalue weighted by molar-refractivity contribution is 0.274. The predicted molar refractivity (Wildman–Crippen MR) is 113 cm³/mol. The van der Waals surface area contributed by atoms with E-state index in [-0.39, 0.29) is 11.1 Å². The van der Waals surface area contributed by atoms with Gasteiger partial charge in [0, 0.05) is 25.0 Å². The van der Waals surface area contributed by atoms with Crippen molar-refractivity contribution in [3.63, 3.8) is 0 Å². The van der Waals surface area contributed by atoms with Gasteiger partial charge in [0.05, 0.1) is 11.8 Å².